The molecule has 0 unspecified atom stereocenters. The summed E-state index contributed by atoms with van der Waals surface area (Å²) in [4.78, 5) is 0. The van der Waals surface area contributed by atoms with E-state index >= 15 is 0 Å². The summed E-state index contributed by atoms with van der Waals surface area (Å²) in [5.74, 6) is 1.80. The number of aromatic nitrogens is 1. The van der Waals surface area contributed by atoms with Crippen molar-refractivity contribution in [2.24, 2.45) is 5.92 Å². The molecular weight excluding hydrogens is 330 g/mol. The fraction of sp³-hybridized carbons (Fsp3) is 0.292. The largest absolute Gasteiger partial charge is 0.302 e. The Bertz CT molecular complexity index is 941. The van der Waals surface area contributed by atoms with Crippen molar-refractivity contribution in [2.75, 3.05) is 12.0 Å². The third-order valence-electron chi connectivity index (χ3n) is 5.09. The molecule has 1 N–H and O–H groups in total. The van der Waals surface area contributed by atoms with Gasteiger partial charge in [0.2, 0.25) is 0 Å². The van der Waals surface area contributed by atoms with Crippen molar-refractivity contribution < 1.29 is 4.57 Å². The molecule has 0 atom stereocenters. The Labute approximate surface area is 162 Å². The lowest BCUT2D eigenvalue weighted by Crippen LogP contribution is -2.36. The van der Waals surface area contributed by atoms with Crippen molar-refractivity contribution in [3.8, 4) is 22.3 Å². The molecule has 1 aliphatic heterocycles. The first-order valence-electron chi connectivity index (χ1n) is 9.73. The van der Waals surface area contributed by atoms with Crippen molar-refractivity contribution in [3.05, 3.63) is 71.9 Å². The summed E-state index contributed by atoms with van der Waals surface area (Å²) in [6.07, 6.45) is 2.20. The highest BCUT2D eigenvalue weighted by molar-refractivity contribution is 5.89. The predicted molar refractivity (Wildman–Crippen MR) is 112 cm³/mol. The van der Waals surface area contributed by atoms with Crippen molar-refractivity contribution in [3.63, 3.8) is 0 Å². The van der Waals surface area contributed by atoms with Gasteiger partial charge in [-0.15, -0.1) is 5.01 Å². The zero-order valence-corrected chi connectivity index (χ0v) is 16.7. The fourth-order valence-electron chi connectivity index (χ4n) is 3.73. The molecule has 0 radical (unpaired) electrons. The first kappa shape index (κ1) is 17.7. The average Bonchev–Trinajstić information content (AvgIpc) is 3.04. The molecule has 0 saturated carbocycles. The molecule has 27 heavy (non-hydrogen) atoms. The second-order valence-electron chi connectivity index (χ2n) is 8.02. The summed E-state index contributed by atoms with van der Waals surface area (Å²) >= 11 is 0. The molecule has 0 aliphatic carbocycles. The van der Waals surface area contributed by atoms with E-state index in [4.69, 9.17) is 0 Å². The highest BCUT2D eigenvalue weighted by Gasteiger charge is 2.31. The number of hydrogen-bond donors (Lipinski definition) is 1. The monoisotopic (exact) mass is 358 g/mol. The second kappa shape index (κ2) is 7.16. The summed E-state index contributed by atoms with van der Waals surface area (Å²) in [7, 11) is 0. The number of aryl methyl sites for hydroxylation is 2. The number of anilines is 1. The highest BCUT2D eigenvalue weighted by Crippen LogP contribution is 2.37. The highest BCUT2D eigenvalue weighted by atomic mass is 15.6. The molecule has 1 aliphatic rings. The van der Waals surface area contributed by atoms with E-state index in [-0.39, 0.29) is 0 Å². The normalized spacial score (nSPS) is 13.7. The van der Waals surface area contributed by atoms with Gasteiger partial charge in [-0.2, -0.15) is 5.43 Å². The second-order valence-corrected chi connectivity index (χ2v) is 8.02. The first-order chi connectivity index (χ1) is 13.0. The lowest BCUT2D eigenvalue weighted by Gasteiger charge is -2.13. The number of hydrogen-bond acceptors (Lipinski definition) is 2. The predicted octanol–water partition coefficient (Wildman–Crippen LogP) is 5.18. The van der Waals surface area contributed by atoms with Gasteiger partial charge in [-0.05, 0) is 37.0 Å². The molecule has 2 aromatic carbocycles. The quantitative estimate of drug-likeness (QED) is 0.648. The number of benzene rings is 2. The molecule has 4 rings (SSSR count). The van der Waals surface area contributed by atoms with Crippen LogP contribution in [0.4, 0.5) is 5.82 Å². The van der Waals surface area contributed by atoms with Crippen LogP contribution in [-0.2, 0) is 6.67 Å². The molecule has 3 aromatic rings. The number of nitrogens with one attached hydrogen (secondary N) is 1. The van der Waals surface area contributed by atoms with Crippen molar-refractivity contribution in [1.82, 2.24) is 5.01 Å². The Balaban J connectivity index is 1.86. The third-order valence-corrected chi connectivity index (χ3v) is 5.09. The van der Waals surface area contributed by atoms with Crippen LogP contribution in [0.3, 0.4) is 0 Å². The molecule has 1 aromatic heterocycles. The van der Waals surface area contributed by atoms with Crippen LogP contribution in [0, 0.1) is 19.8 Å². The van der Waals surface area contributed by atoms with E-state index in [2.05, 4.69) is 103 Å². The zero-order chi connectivity index (χ0) is 19.0. The summed E-state index contributed by atoms with van der Waals surface area (Å²) in [5, 5.41) is 2.30. The van der Waals surface area contributed by atoms with E-state index in [1.807, 2.05) is 0 Å². The Morgan fingerprint density at radius 2 is 1.48 bits per heavy atom. The smallest absolute Gasteiger partial charge is 0.216 e. The van der Waals surface area contributed by atoms with Gasteiger partial charge in [0.15, 0.2) is 6.67 Å². The Kier molecular flexibility index (Phi) is 4.71. The number of rotatable bonds is 4. The molecule has 3 heteroatoms. The van der Waals surface area contributed by atoms with E-state index < -0.39 is 0 Å². The first-order valence-corrected chi connectivity index (χ1v) is 9.73. The van der Waals surface area contributed by atoms with Crippen LogP contribution in [0.25, 0.3) is 22.3 Å². The molecule has 0 saturated heterocycles. The van der Waals surface area contributed by atoms with Gasteiger partial charge in [0.1, 0.15) is 0 Å². The Morgan fingerprint density at radius 3 is 2.07 bits per heavy atom. The van der Waals surface area contributed by atoms with Crippen LogP contribution in [0.5, 0.6) is 0 Å². The summed E-state index contributed by atoms with van der Waals surface area (Å²) in [6, 6.07) is 19.9. The SMILES string of the molecule is Cc1ccc(-c2cc[n+]3c(c2-c2ccc(C)cc2)NN(CC(C)C)C3)cc1. The topological polar surface area (TPSA) is 19.1 Å². The zero-order valence-electron chi connectivity index (χ0n) is 16.7. The minimum Gasteiger partial charge on any atom is -0.216 e. The molecular formula is C24H28N3+. The van der Waals surface area contributed by atoms with E-state index in [9.17, 15) is 0 Å². The molecule has 2 heterocycles. The van der Waals surface area contributed by atoms with Crippen molar-refractivity contribution in [2.45, 2.75) is 34.4 Å². The standard InChI is InChI=1S/C24H27N3/c1-17(2)15-27-16-26-14-13-22(20-9-5-18(3)6-10-20)23(24(26)25-27)21-11-7-19(4)8-12-21/h5-14,17H,15-16H2,1-4H3/p+1. The van der Waals surface area contributed by atoms with E-state index in [1.54, 1.807) is 0 Å². The summed E-state index contributed by atoms with van der Waals surface area (Å²) < 4.78 is 2.31. The van der Waals surface area contributed by atoms with E-state index in [0.29, 0.717) is 5.92 Å². The van der Waals surface area contributed by atoms with Gasteiger partial charge in [0.05, 0.1) is 11.8 Å². The van der Waals surface area contributed by atoms with Crippen LogP contribution >= 0.6 is 0 Å². The minimum absolute atomic E-state index is 0.617. The van der Waals surface area contributed by atoms with Gasteiger partial charge in [0.25, 0.3) is 0 Å². The molecule has 0 spiro atoms. The van der Waals surface area contributed by atoms with Gasteiger partial charge in [-0.25, -0.2) is 4.57 Å². The molecule has 0 fully saturated rings. The van der Waals surface area contributed by atoms with Crippen LogP contribution in [-0.4, -0.2) is 11.6 Å². The number of nitrogens with zero attached hydrogens (tertiary/aromatic N) is 2. The van der Waals surface area contributed by atoms with E-state index in [1.165, 1.54) is 39.2 Å². The number of pyridine rings is 1. The molecule has 138 valence electrons. The van der Waals surface area contributed by atoms with Crippen LogP contribution in [0.2, 0.25) is 0 Å². The lowest BCUT2D eigenvalue weighted by molar-refractivity contribution is -0.685. The van der Waals surface area contributed by atoms with Gasteiger partial charge >= 0.3 is 5.82 Å². The average molecular weight is 359 g/mol. The Hall–Kier alpha value is -2.65. The van der Waals surface area contributed by atoms with Gasteiger partial charge in [0, 0.05) is 12.1 Å². The molecule has 0 bridgehead atoms. The maximum atomic E-state index is 3.67. The van der Waals surface area contributed by atoms with Gasteiger partial charge in [-0.3, -0.25) is 0 Å². The minimum atomic E-state index is 0.617. The fourth-order valence-corrected chi connectivity index (χ4v) is 3.73. The summed E-state index contributed by atoms with van der Waals surface area (Å²) in [5.41, 5.74) is 11.3. The van der Waals surface area contributed by atoms with Crippen LogP contribution in [0.15, 0.2) is 60.8 Å². The summed E-state index contributed by atoms with van der Waals surface area (Å²) in [6.45, 7) is 10.7. The van der Waals surface area contributed by atoms with E-state index in [0.717, 1.165) is 13.2 Å². The lowest BCUT2D eigenvalue weighted by atomic mass is 9.94. The molecule has 3 nitrogen and oxygen atoms in total. The van der Waals surface area contributed by atoms with Crippen molar-refractivity contribution >= 4 is 5.82 Å². The molecule has 0 amide bonds. The maximum absolute atomic E-state index is 3.67. The van der Waals surface area contributed by atoms with Crippen molar-refractivity contribution in [1.29, 1.82) is 0 Å². The maximum Gasteiger partial charge on any atom is 0.302 e. The van der Waals surface area contributed by atoms with Crippen LogP contribution in [0.1, 0.15) is 25.0 Å². The number of fused-ring (bicyclic) bond motifs is 1. The van der Waals surface area contributed by atoms with Gasteiger partial charge < -0.3 is 0 Å². The third kappa shape index (κ3) is 3.60. The Morgan fingerprint density at radius 1 is 0.889 bits per heavy atom. The van der Waals surface area contributed by atoms with Crippen LogP contribution < -0.4 is 9.99 Å². The number of hydrazine groups is 1. The van der Waals surface area contributed by atoms with Gasteiger partial charge in [-0.1, -0.05) is 73.5 Å².